The summed E-state index contributed by atoms with van der Waals surface area (Å²) in [5.41, 5.74) is 2.28. The molecule has 2 aromatic rings. The van der Waals surface area contributed by atoms with E-state index in [1.165, 1.54) is 24.7 Å². The highest BCUT2D eigenvalue weighted by Gasteiger charge is 2.13. The molecule has 1 heterocycles. The Morgan fingerprint density at radius 3 is 2.48 bits per heavy atom. The molecule has 0 aliphatic carbocycles. The summed E-state index contributed by atoms with van der Waals surface area (Å²) in [6.07, 6.45) is 0.989. The predicted molar refractivity (Wildman–Crippen MR) is 81.2 cm³/mol. The minimum atomic E-state index is -0.294. The van der Waals surface area contributed by atoms with Crippen LogP contribution < -0.4 is 10.9 Å². The average molecular weight is 285 g/mol. The molecule has 5 heteroatoms. The summed E-state index contributed by atoms with van der Waals surface area (Å²) in [5.74, 6) is -0.294. The van der Waals surface area contributed by atoms with Crippen molar-refractivity contribution in [1.29, 1.82) is 0 Å². The first-order valence-electron chi connectivity index (χ1n) is 6.95. The number of nitrogens with one attached hydrogen (secondary N) is 1. The van der Waals surface area contributed by atoms with Crippen LogP contribution in [0.4, 0.5) is 0 Å². The van der Waals surface area contributed by atoms with Crippen molar-refractivity contribution < 1.29 is 4.79 Å². The zero-order chi connectivity index (χ0) is 15.4. The normalized spacial score (nSPS) is 12.0. The van der Waals surface area contributed by atoms with Crippen LogP contribution in [0, 0.1) is 0 Å². The number of hydrogen-bond donors (Lipinski definition) is 1. The number of amides is 1. The number of carbonyl (C=O) groups excluding carboxylic acids is 1. The molecule has 1 atom stereocenters. The van der Waals surface area contributed by atoms with E-state index in [2.05, 4.69) is 29.5 Å². The van der Waals surface area contributed by atoms with Crippen molar-refractivity contribution in [3.05, 3.63) is 63.6 Å². The predicted octanol–water partition coefficient (Wildman–Crippen LogP) is 1.83. The van der Waals surface area contributed by atoms with Crippen LogP contribution in [0.5, 0.6) is 0 Å². The second-order valence-corrected chi connectivity index (χ2v) is 4.97. The largest absolute Gasteiger partial charge is 0.344 e. The number of rotatable bonds is 4. The Morgan fingerprint density at radius 1 is 1.24 bits per heavy atom. The topological polar surface area (TPSA) is 64.0 Å². The second kappa shape index (κ2) is 6.35. The molecule has 21 heavy (non-hydrogen) atoms. The number of hydrogen-bond acceptors (Lipinski definition) is 3. The lowest BCUT2D eigenvalue weighted by Crippen LogP contribution is -2.30. The van der Waals surface area contributed by atoms with E-state index < -0.39 is 0 Å². The van der Waals surface area contributed by atoms with Gasteiger partial charge in [-0.1, -0.05) is 31.2 Å². The minimum absolute atomic E-state index is 0.123. The molecule has 0 saturated carbocycles. The number of aromatic nitrogens is 2. The van der Waals surface area contributed by atoms with Crippen molar-refractivity contribution in [3.8, 4) is 0 Å². The molecule has 0 saturated heterocycles. The van der Waals surface area contributed by atoms with Gasteiger partial charge < -0.3 is 5.32 Å². The maximum absolute atomic E-state index is 12.1. The summed E-state index contributed by atoms with van der Waals surface area (Å²) >= 11 is 0. The lowest BCUT2D eigenvalue weighted by atomic mass is 10.0. The Balaban J connectivity index is 2.10. The number of benzene rings is 1. The van der Waals surface area contributed by atoms with Gasteiger partial charge >= 0.3 is 0 Å². The van der Waals surface area contributed by atoms with E-state index in [4.69, 9.17) is 0 Å². The first-order valence-corrected chi connectivity index (χ1v) is 6.95. The zero-order valence-electron chi connectivity index (χ0n) is 12.5. The Hall–Kier alpha value is -2.43. The molecule has 1 amide bonds. The fourth-order valence-corrected chi connectivity index (χ4v) is 2.02. The van der Waals surface area contributed by atoms with Crippen LogP contribution in [-0.4, -0.2) is 15.7 Å². The maximum atomic E-state index is 12.1. The lowest BCUT2D eigenvalue weighted by Gasteiger charge is -2.14. The second-order valence-electron chi connectivity index (χ2n) is 4.97. The van der Waals surface area contributed by atoms with E-state index in [0.717, 1.165) is 16.7 Å². The summed E-state index contributed by atoms with van der Waals surface area (Å²) in [6.45, 7) is 4.02. The first kappa shape index (κ1) is 15.0. The Labute approximate surface area is 123 Å². The molecule has 110 valence electrons. The minimum Gasteiger partial charge on any atom is -0.344 e. The molecule has 0 radical (unpaired) electrons. The van der Waals surface area contributed by atoms with E-state index in [1.54, 1.807) is 0 Å². The molecule has 1 aromatic carbocycles. The van der Waals surface area contributed by atoms with Crippen LogP contribution in [0.1, 0.15) is 41.5 Å². The van der Waals surface area contributed by atoms with Crippen molar-refractivity contribution in [2.24, 2.45) is 7.05 Å². The van der Waals surface area contributed by atoms with Crippen LogP contribution in [0.15, 0.2) is 41.2 Å². The Morgan fingerprint density at radius 2 is 1.90 bits per heavy atom. The van der Waals surface area contributed by atoms with Crippen LogP contribution in [0.25, 0.3) is 0 Å². The molecular weight excluding hydrogens is 266 g/mol. The molecule has 2 rings (SSSR count). The fourth-order valence-electron chi connectivity index (χ4n) is 2.02. The third-order valence-electron chi connectivity index (χ3n) is 3.43. The SMILES string of the molecule is CCc1ccc([C@@H](C)NC(=O)c2ccc(=O)n(C)n2)cc1. The molecular formula is C16H19N3O2. The molecule has 1 aromatic heterocycles. The molecule has 0 aliphatic rings. The maximum Gasteiger partial charge on any atom is 0.272 e. The van der Waals surface area contributed by atoms with E-state index in [-0.39, 0.29) is 23.2 Å². The smallest absolute Gasteiger partial charge is 0.272 e. The molecule has 0 spiro atoms. The number of carbonyl (C=O) groups is 1. The van der Waals surface area contributed by atoms with Gasteiger partial charge in [-0.25, -0.2) is 4.68 Å². The van der Waals surface area contributed by atoms with Gasteiger partial charge in [0.25, 0.3) is 11.5 Å². The van der Waals surface area contributed by atoms with Crippen molar-refractivity contribution in [2.45, 2.75) is 26.3 Å². The van der Waals surface area contributed by atoms with Gasteiger partial charge in [0.15, 0.2) is 0 Å². The van der Waals surface area contributed by atoms with Gasteiger partial charge in [0.05, 0.1) is 6.04 Å². The molecule has 0 bridgehead atoms. The summed E-state index contributed by atoms with van der Waals surface area (Å²) in [5, 5.41) is 6.82. The zero-order valence-corrected chi connectivity index (χ0v) is 12.5. The van der Waals surface area contributed by atoms with E-state index in [1.807, 2.05) is 19.1 Å². The molecule has 0 fully saturated rings. The summed E-state index contributed by atoms with van der Waals surface area (Å²) < 4.78 is 1.15. The third-order valence-corrected chi connectivity index (χ3v) is 3.43. The van der Waals surface area contributed by atoms with Crippen molar-refractivity contribution in [3.63, 3.8) is 0 Å². The molecule has 1 N–H and O–H groups in total. The Bertz CT molecular complexity index is 689. The van der Waals surface area contributed by atoms with Crippen LogP contribution in [0.3, 0.4) is 0 Å². The van der Waals surface area contributed by atoms with Gasteiger partial charge in [0.1, 0.15) is 5.69 Å². The molecule has 0 unspecified atom stereocenters. The van der Waals surface area contributed by atoms with Crippen molar-refractivity contribution >= 4 is 5.91 Å². The summed E-state index contributed by atoms with van der Waals surface area (Å²) in [4.78, 5) is 23.4. The number of aryl methyl sites for hydroxylation is 2. The van der Waals surface area contributed by atoms with E-state index in [9.17, 15) is 9.59 Å². The summed E-state index contributed by atoms with van der Waals surface area (Å²) in [7, 11) is 1.52. The van der Waals surface area contributed by atoms with Crippen LogP contribution >= 0.6 is 0 Å². The highest BCUT2D eigenvalue weighted by molar-refractivity contribution is 5.92. The van der Waals surface area contributed by atoms with E-state index >= 15 is 0 Å². The Kier molecular flexibility index (Phi) is 4.52. The monoisotopic (exact) mass is 285 g/mol. The average Bonchev–Trinajstić information content (AvgIpc) is 2.50. The standard InChI is InChI=1S/C16H19N3O2/c1-4-12-5-7-13(8-6-12)11(2)17-16(21)14-9-10-15(20)19(3)18-14/h5-11H,4H2,1-3H3,(H,17,21)/t11-/m1/s1. The quantitative estimate of drug-likeness (QED) is 0.932. The van der Waals surface area contributed by atoms with Crippen LogP contribution in [-0.2, 0) is 13.5 Å². The van der Waals surface area contributed by atoms with Gasteiger partial charge in [-0.3, -0.25) is 9.59 Å². The van der Waals surface area contributed by atoms with Gasteiger partial charge in [-0.15, -0.1) is 0 Å². The van der Waals surface area contributed by atoms with Crippen LogP contribution in [0.2, 0.25) is 0 Å². The van der Waals surface area contributed by atoms with E-state index in [0.29, 0.717) is 0 Å². The van der Waals surface area contributed by atoms with Crippen molar-refractivity contribution in [1.82, 2.24) is 15.1 Å². The third kappa shape index (κ3) is 3.56. The van der Waals surface area contributed by atoms with Gasteiger partial charge in [0, 0.05) is 13.1 Å². The molecule has 0 aliphatic heterocycles. The highest BCUT2D eigenvalue weighted by Crippen LogP contribution is 2.14. The molecule has 5 nitrogen and oxygen atoms in total. The van der Waals surface area contributed by atoms with Gasteiger partial charge in [0.2, 0.25) is 0 Å². The van der Waals surface area contributed by atoms with Crippen molar-refractivity contribution in [2.75, 3.05) is 0 Å². The highest BCUT2D eigenvalue weighted by atomic mass is 16.2. The summed E-state index contributed by atoms with van der Waals surface area (Å²) in [6, 6.07) is 10.8. The number of nitrogens with zero attached hydrogens (tertiary/aromatic N) is 2. The fraction of sp³-hybridized carbons (Fsp3) is 0.312. The van der Waals surface area contributed by atoms with Gasteiger partial charge in [-0.2, -0.15) is 5.10 Å². The lowest BCUT2D eigenvalue weighted by molar-refractivity contribution is 0.0932. The first-order chi connectivity index (χ1) is 10.0. The van der Waals surface area contributed by atoms with Gasteiger partial charge in [-0.05, 0) is 30.5 Å².